The largest absolute Gasteiger partial charge is 0.252 e. The van der Waals surface area contributed by atoms with Crippen LogP contribution >= 0.6 is 11.3 Å². The first-order valence-corrected chi connectivity index (χ1v) is 3.10. The van der Waals surface area contributed by atoms with Crippen molar-refractivity contribution >= 4 is 11.3 Å². The van der Waals surface area contributed by atoms with Gasteiger partial charge in [0.15, 0.2) is 6.07 Å². The molecular formula is C6H2N2S. The second kappa shape index (κ2) is 2.86. The molecule has 2 nitrogen and oxygen atoms in total. The molecular weight excluding hydrogens is 132 g/mol. The number of nitriles is 1. The molecule has 0 atom stereocenters. The van der Waals surface area contributed by atoms with E-state index in [0.29, 0.717) is 0 Å². The van der Waals surface area contributed by atoms with Crippen LogP contribution in [0, 0.1) is 23.2 Å². The van der Waals surface area contributed by atoms with Crippen LogP contribution in [0.3, 0.4) is 0 Å². The molecule has 1 rings (SSSR count). The predicted octanol–water partition coefficient (Wildman–Crippen LogP) is 1.02. The Hall–Kier alpha value is -1.32. The molecule has 0 bridgehead atoms. The Morgan fingerprint density at radius 1 is 1.67 bits per heavy atom. The molecule has 0 aliphatic carbocycles. The van der Waals surface area contributed by atoms with Crippen LogP contribution in [0.5, 0.6) is 0 Å². The fraction of sp³-hybridized carbons (Fsp3) is 0. The van der Waals surface area contributed by atoms with Crippen molar-refractivity contribution in [3.8, 4) is 17.9 Å². The maximum atomic E-state index is 8.03. The molecule has 0 unspecified atom stereocenters. The number of nitrogens with zero attached hydrogens (tertiary/aromatic N) is 2. The number of hydrogen-bond donors (Lipinski definition) is 0. The van der Waals surface area contributed by atoms with Crippen LogP contribution in [0.4, 0.5) is 0 Å². The van der Waals surface area contributed by atoms with Gasteiger partial charge in [0.05, 0.1) is 16.6 Å². The zero-order chi connectivity index (χ0) is 6.53. The molecule has 0 aliphatic rings. The average molecular weight is 134 g/mol. The first-order chi connectivity index (χ1) is 4.43. The van der Waals surface area contributed by atoms with E-state index in [4.69, 9.17) is 5.26 Å². The zero-order valence-electron chi connectivity index (χ0n) is 4.46. The number of thiazole rings is 1. The second-order valence-corrected chi connectivity index (χ2v) is 2.11. The van der Waals surface area contributed by atoms with Crippen molar-refractivity contribution in [3.05, 3.63) is 16.6 Å². The topological polar surface area (TPSA) is 36.7 Å². The van der Waals surface area contributed by atoms with Gasteiger partial charge in [-0.15, -0.1) is 11.3 Å². The first-order valence-electron chi connectivity index (χ1n) is 2.22. The monoisotopic (exact) mass is 134 g/mol. The summed E-state index contributed by atoms with van der Waals surface area (Å²) in [5, 5.41) is 8.03. The summed E-state index contributed by atoms with van der Waals surface area (Å²) in [6.45, 7) is 0. The van der Waals surface area contributed by atoms with Gasteiger partial charge in [0.25, 0.3) is 0 Å². The molecule has 42 valence electrons. The smallest absolute Gasteiger partial charge is 0.152 e. The highest BCUT2D eigenvalue weighted by molar-refractivity contribution is 7.10. The molecule has 0 radical (unpaired) electrons. The van der Waals surface area contributed by atoms with Gasteiger partial charge in [-0.3, -0.25) is 4.98 Å². The van der Waals surface area contributed by atoms with Crippen molar-refractivity contribution in [2.45, 2.75) is 0 Å². The minimum absolute atomic E-state index is 0.830. The van der Waals surface area contributed by atoms with Crippen LogP contribution in [0.25, 0.3) is 0 Å². The summed E-state index contributed by atoms with van der Waals surface area (Å²) < 4.78 is 0. The highest BCUT2D eigenvalue weighted by Gasteiger charge is 1.82. The van der Waals surface area contributed by atoms with E-state index < -0.39 is 0 Å². The molecule has 0 spiro atoms. The van der Waals surface area contributed by atoms with Crippen molar-refractivity contribution in [2.75, 3.05) is 0 Å². The summed E-state index contributed by atoms with van der Waals surface area (Å²) in [5.41, 5.74) is 1.68. The molecule has 3 heteroatoms. The average Bonchev–Trinajstić information content (AvgIpc) is 2.34. The van der Waals surface area contributed by atoms with Crippen molar-refractivity contribution in [3.63, 3.8) is 0 Å². The van der Waals surface area contributed by atoms with E-state index in [1.165, 1.54) is 11.3 Å². The molecule has 0 fully saturated rings. The van der Waals surface area contributed by atoms with Gasteiger partial charge in [-0.05, 0) is 5.92 Å². The van der Waals surface area contributed by atoms with E-state index in [1.54, 1.807) is 17.8 Å². The van der Waals surface area contributed by atoms with Gasteiger partial charge in [0, 0.05) is 5.92 Å². The molecule has 1 heterocycles. The van der Waals surface area contributed by atoms with Crippen LogP contribution in [-0.2, 0) is 0 Å². The minimum Gasteiger partial charge on any atom is -0.252 e. The van der Waals surface area contributed by atoms with Crippen molar-refractivity contribution in [1.29, 1.82) is 5.26 Å². The van der Waals surface area contributed by atoms with Gasteiger partial charge in [-0.2, -0.15) is 5.26 Å². The Labute approximate surface area is 56.8 Å². The number of hydrogen-bond acceptors (Lipinski definition) is 3. The summed E-state index contributed by atoms with van der Waals surface area (Å²) in [6.07, 6.45) is 1.63. The fourth-order valence-corrected chi connectivity index (χ4v) is 0.834. The molecule has 0 N–H and O–H groups in total. The standard InChI is InChI=1S/C6H2N2S/c7-3-1-2-6-4-8-5-9-6/h4-5H. The maximum Gasteiger partial charge on any atom is 0.152 e. The van der Waals surface area contributed by atoms with Gasteiger partial charge in [-0.1, -0.05) is 0 Å². The number of rotatable bonds is 0. The molecule has 0 amide bonds. The summed E-state index contributed by atoms with van der Waals surface area (Å²) in [6, 6.07) is 1.72. The van der Waals surface area contributed by atoms with Crippen LogP contribution in [0.1, 0.15) is 4.88 Å². The van der Waals surface area contributed by atoms with E-state index in [9.17, 15) is 0 Å². The normalized spacial score (nSPS) is 7.00. The molecule has 0 aliphatic heterocycles. The van der Waals surface area contributed by atoms with Crippen LogP contribution in [0.15, 0.2) is 11.7 Å². The summed E-state index contributed by atoms with van der Waals surface area (Å²) >= 11 is 1.43. The molecule has 1 aromatic heterocycles. The predicted molar refractivity (Wildman–Crippen MR) is 34.6 cm³/mol. The second-order valence-electron chi connectivity index (χ2n) is 1.23. The highest BCUT2D eigenvalue weighted by atomic mass is 32.1. The van der Waals surface area contributed by atoms with Crippen LogP contribution in [0.2, 0.25) is 0 Å². The van der Waals surface area contributed by atoms with Crippen molar-refractivity contribution in [2.24, 2.45) is 0 Å². The van der Waals surface area contributed by atoms with E-state index in [-0.39, 0.29) is 0 Å². The maximum absolute atomic E-state index is 8.03. The summed E-state index contributed by atoms with van der Waals surface area (Å²) in [5.74, 6) is 4.90. The van der Waals surface area contributed by atoms with E-state index >= 15 is 0 Å². The number of aromatic nitrogens is 1. The van der Waals surface area contributed by atoms with Gasteiger partial charge in [0.1, 0.15) is 0 Å². The van der Waals surface area contributed by atoms with Crippen LogP contribution < -0.4 is 0 Å². The summed E-state index contributed by atoms with van der Waals surface area (Å²) in [7, 11) is 0. The summed E-state index contributed by atoms with van der Waals surface area (Å²) in [4.78, 5) is 4.61. The van der Waals surface area contributed by atoms with E-state index in [2.05, 4.69) is 16.8 Å². The Kier molecular flexibility index (Phi) is 1.85. The lowest BCUT2D eigenvalue weighted by Gasteiger charge is -1.66. The van der Waals surface area contributed by atoms with Gasteiger partial charge in [0.2, 0.25) is 0 Å². The lowest BCUT2D eigenvalue weighted by Crippen LogP contribution is -1.57. The Balaban J connectivity index is 2.82. The molecule has 0 aromatic carbocycles. The van der Waals surface area contributed by atoms with Gasteiger partial charge < -0.3 is 0 Å². The third kappa shape index (κ3) is 1.56. The quantitative estimate of drug-likeness (QED) is 0.497. The fourth-order valence-electron chi connectivity index (χ4n) is 0.367. The van der Waals surface area contributed by atoms with Crippen molar-refractivity contribution < 1.29 is 0 Å². The highest BCUT2D eigenvalue weighted by Crippen LogP contribution is 2.01. The van der Waals surface area contributed by atoms with Crippen molar-refractivity contribution in [1.82, 2.24) is 4.98 Å². The molecule has 0 saturated carbocycles. The Morgan fingerprint density at radius 2 is 2.56 bits per heavy atom. The molecule has 1 aromatic rings. The van der Waals surface area contributed by atoms with Gasteiger partial charge in [-0.25, -0.2) is 0 Å². The third-order valence-electron chi connectivity index (χ3n) is 0.674. The zero-order valence-corrected chi connectivity index (χ0v) is 5.27. The Morgan fingerprint density at radius 3 is 3.11 bits per heavy atom. The molecule has 9 heavy (non-hydrogen) atoms. The SMILES string of the molecule is N#CC#Cc1cncs1. The Bertz CT molecular complexity index is 270. The van der Waals surface area contributed by atoms with Crippen LogP contribution in [-0.4, -0.2) is 4.98 Å². The third-order valence-corrected chi connectivity index (χ3v) is 1.36. The minimum atomic E-state index is 0.830. The molecule has 0 saturated heterocycles. The van der Waals surface area contributed by atoms with Gasteiger partial charge >= 0.3 is 0 Å². The lowest BCUT2D eigenvalue weighted by atomic mass is 10.5. The lowest BCUT2D eigenvalue weighted by molar-refractivity contribution is 1.42. The van der Waals surface area contributed by atoms with E-state index in [0.717, 1.165) is 4.88 Å². The van der Waals surface area contributed by atoms with E-state index in [1.807, 2.05) is 0 Å². The first kappa shape index (κ1) is 5.81.